The van der Waals surface area contributed by atoms with Crippen molar-refractivity contribution >= 4 is 28.9 Å². The van der Waals surface area contributed by atoms with Crippen LogP contribution in [0.15, 0.2) is 29.0 Å². The largest absolute Gasteiger partial charge is 0.508 e. The molecule has 5 rings (SSSR count). The lowest BCUT2D eigenvalue weighted by molar-refractivity contribution is -0.160. The second kappa shape index (κ2) is 8.57. The third-order valence-corrected chi connectivity index (χ3v) is 8.58. The number of rotatable bonds is 3. The molecule has 0 unspecified atom stereocenters. The highest BCUT2D eigenvalue weighted by molar-refractivity contribution is 6.23. The Morgan fingerprint density at radius 2 is 1.81 bits per heavy atom. The van der Waals surface area contributed by atoms with Gasteiger partial charge in [0.2, 0.25) is 5.78 Å². The standard InChI is InChI=1S/C26H31N3O8/c1-10-12-3-4-14(28-11-5-7-29(2)8-6-11)21(32)17(12)22(33)19-16(10)20(31)13-9-15(30)18(25(27)36)23(34)26(13,37)24(19)35/h3-4,10-11,13,16,20,28,31-34,37H,5-9H2,1-2H3,(H2,27,36)/t10-,13+,16+,20+,26+/m0/s1. The van der Waals surface area contributed by atoms with Gasteiger partial charge in [0.25, 0.3) is 5.91 Å². The maximum absolute atomic E-state index is 13.7. The van der Waals surface area contributed by atoms with Crippen LogP contribution in [-0.4, -0.2) is 85.8 Å². The van der Waals surface area contributed by atoms with E-state index >= 15 is 0 Å². The summed E-state index contributed by atoms with van der Waals surface area (Å²) in [5.41, 5.74) is 1.92. The van der Waals surface area contributed by atoms with Crippen LogP contribution in [0.25, 0.3) is 5.76 Å². The number of carbonyl (C=O) groups excluding carboxylic acids is 3. The molecule has 5 atom stereocenters. The van der Waals surface area contributed by atoms with Gasteiger partial charge in [-0.1, -0.05) is 13.0 Å². The second-order valence-electron chi connectivity index (χ2n) is 10.6. The molecule has 1 saturated carbocycles. The number of aromatic hydroxyl groups is 1. The molecule has 2 fully saturated rings. The molecule has 0 spiro atoms. The number of likely N-dealkylation sites (tertiary alicyclic amines) is 1. The van der Waals surface area contributed by atoms with Crippen LogP contribution in [0.3, 0.4) is 0 Å². The summed E-state index contributed by atoms with van der Waals surface area (Å²) in [6.07, 6.45) is -0.433. The van der Waals surface area contributed by atoms with E-state index in [1.165, 1.54) is 0 Å². The molecule has 8 N–H and O–H groups in total. The molecule has 0 radical (unpaired) electrons. The van der Waals surface area contributed by atoms with E-state index in [-0.39, 0.29) is 22.9 Å². The number of amides is 1. The Labute approximate surface area is 212 Å². The van der Waals surface area contributed by atoms with Crippen LogP contribution >= 0.6 is 0 Å². The number of piperidine rings is 1. The number of hydrogen-bond donors (Lipinski definition) is 7. The lowest BCUT2D eigenvalue weighted by atomic mass is 9.55. The van der Waals surface area contributed by atoms with E-state index in [1.807, 2.05) is 7.05 Å². The molecular formula is C26H31N3O8. The van der Waals surface area contributed by atoms with Crippen LogP contribution in [0.4, 0.5) is 5.69 Å². The van der Waals surface area contributed by atoms with Crippen LogP contribution in [-0.2, 0) is 14.4 Å². The summed E-state index contributed by atoms with van der Waals surface area (Å²) in [5.74, 6) is -8.61. The minimum Gasteiger partial charge on any atom is -0.508 e. The Hall–Kier alpha value is -3.41. The van der Waals surface area contributed by atoms with Crippen molar-refractivity contribution in [3.05, 3.63) is 40.2 Å². The van der Waals surface area contributed by atoms with Crippen molar-refractivity contribution < 1.29 is 39.9 Å². The average molecular weight is 514 g/mol. The highest BCUT2D eigenvalue weighted by Gasteiger charge is 2.64. The van der Waals surface area contributed by atoms with Gasteiger partial charge >= 0.3 is 0 Å². The molecular weight excluding hydrogens is 482 g/mol. The molecule has 1 heterocycles. The van der Waals surface area contributed by atoms with Gasteiger partial charge in [0.05, 0.1) is 17.4 Å². The van der Waals surface area contributed by atoms with Crippen LogP contribution in [0.1, 0.15) is 43.2 Å². The van der Waals surface area contributed by atoms with E-state index in [9.17, 15) is 39.9 Å². The second-order valence-corrected chi connectivity index (χ2v) is 10.6. The number of aliphatic hydroxyl groups is 4. The van der Waals surface area contributed by atoms with Gasteiger partial charge in [0.15, 0.2) is 11.4 Å². The minimum absolute atomic E-state index is 0.00948. The van der Waals surface area contributed by atoms with Gasteiger partial charge in [-0.2, -0.15) is 0 Å². The van der Waals surface area contributed by atoms with Gasteiger partial charge in [-0.3, -0.25) is 14.4 Å². The molecule has 3 aliphatic carbocycles. The van der Waals surface area contributed by atoms with E-state index in [1.54, 1.807) is 19.1 Å². The smallest absolute Gasteiger partial charge is 0.255 e. The molecule has 1 aromatic rings. The molecule has 37 heavy (non-hydrogen) atoms. The summed E-state index contributed by atoms with van der Waals surface area (Å²) in [6.45, 7) is 3.47. The van der Waals surface area contributed by atoms with E-state index < -0.39 is 70.4 Å². The molecule has 11 nitrogen and oxygen atoms in total. The third kappa shape index (κ3) is 3.48. The maximum atomic E-state index is 13.7. The maximum Gasteiger partial charge on any atom is 0.255 e. The van der Waals surface area contributed by atoms with Crippen molar-refractivity contribution in [2.75, 3.05) is 25.5 Å². The van der Waals surface area contributed by atoms with Crippen LogP contribution in [0.2, 0.25) is 0 Å². The lowest BCUT2D eigenvalue weighted by Gasteiger charge is -2.50. The van der Waals surface area contributed by atoms with Crippen LogP contribution in [0, 0.1) is 11.8 Å². The number of primary amides is 1. The van der Waals surface area contributed by atoms with Gasteiger partial charge in [-0.05, 0) is 50.5 Å². The van der Waals surface area contributed by atoms with Crippen LogP contribution in [0.5, 0.6) is 5.75 Å². The van der Waals surface area contributed by atoms with Crippen molar-refractivity contribution in [1.82, 2.24) is 4.90 Å². The Balaban J connectivity index is 1.63. The van der Waals surface area contributed by atoms with Crippen molar-refractivity contribution in [2.24, 2.45) is 17.6 Å². The first-order valence-electron chi connectivity index (χ1n) is 12.4. The minimum atomic E-state index is -2.84. The molecule has 1 saturated heterocycles. The van der Waals surface area contributed by atoms with Gasteiger partial charge in [-0.15, -0.1) is 0 Å². The number of nitrogens with two attached hydrogens (primary N) is 1. The van der Waals surface area contributed by atoms with Crippen molar-refractivity contribution in [1.29, 1.82) is 0 Å². The number of phenols is 1. The summed E-state index contributed by atoms with van der Waals surface area (Å²) in [7, 11) is 2.03. The van der Waals surface area contributed by atoms with Crippen LogP contribution < -0.4 is 11.1 Å². The zero-order chi connectivity index (χ0) is 27.0. The number of Topliss-reactive ketones (excluding diaryl/α,β-unsaturated/α-hetero) is 2. The number of fused-ring (bicyclic) bond motifs is 3. The summed E-state index contributed by atoms with van der Waals surface area (Å²) in [6, 6.07) is 3.49. The van der Waals surface area contributed by atoms with Crippen molar-refractivity contribution in [3.8, 4) is 5.75 Å². The highest BCUT2D eigenvalue weighted by Crippen LogP contribution is 2.56. The fraction of sp³-hybridized carbons (Fsp3) is 0.500. The SMILES string of the molecule is C[C@H]1c2ccc(NC3CCN(C)CC3)c(O)c2C(O)=C2C(=O)[C@]3(O)C(O)=C(C(N)=O)C(=O)C[C@@H]3[C@@H](O)[C@@H]21. The Bertz CT molecular complexity index is 1280. The number of nitrogens with one attached hydrogen (secondary N) is 1. The molecule has 1 aliphatic heterocycles. The highest BCUT2D eigenvalue weighted by atomic mass is 16.4. The Morgan fingerprint density at radius 1 is 1.16 bits per heavy atom. The van der Waals surface area contributed by atoms with Gasteiger partial charge < -0.3 is 41.5 Å². The Kier molecular flexibility index (Phi) is 5.85. The number of benzene rings is 1. The summed E-state index contributed by atoms with van der Waals surface area (Å²) < 4.78 is 0. The first kappa shape index (κ1) is 25.2. The summed E-state index contributed by atoms with van der Waals surface area (Å²) >= 11 is 0. The summed E-state index contributed by atoms with van der Waals surface area (Å²) in [4.78, 5) is 40.2. The number of phenolic OH excluding ortho intramolecular Hbond substituents is 1. The normalized spacial score (nSPS) is 32.6. The van der Waals surface area contributed by atoms with E-state index in [4.69, 9.17) is 5.73 Å². The summed E-state index contributed by atoms with van der Waals surface area (Å²) in [5, 5.41) is 59.2. The number of carbonyl (C=O) groups is 3. The molecule has 0 bridgehead atoms. The fourth-order valence-electron chi connectivity index (χ4n) is 6.49. The number of aliphatic hydroxyl groups excluding tert-OH is 3. The predicted molar refractivity (Wildman–Crippen MR) is 132 cm³/mol. The van der Waals surface area contributed by atoms with E-state index in [0.29, 0.717) is 11.3 Å². The molecule has 11 heteroatoms. The van der Waals surface area contributed by atoms with Crippen molar-refractivity contribution in [3.63, 3.8) is 0 Å². The zero-order valence-corrected chi connectivity index (χ0v) is 20.6. The average Bonchev–Trinajstić information content (AvgIpc) is 2.84. The Morgan fingerprint density at radius 3 is 2.43 bits per heavy atom. The zero-order valence-electron chi connectivity index (χ0n) is 20.6. The molecule has 1 amide bonds. The van der Waals surface area contributed by atoms with Gasteiger partial charge in [-0.25, -0.2) is 0 Å². The van der Waals surface area contributed by atoms with E-state index in [2.05, 4.69) is 10.2 Å². The molecule has 4 aliphatic rings. The van der Waals surface area contributed by atoms with E-state index in [0.717, 1.165) is 25.9 Å². The topological polar surface area (TPSA) is 194 Å². The monoisotopic (exact) mass is 513 g/mol. The fourth-order valence-corrected chi connectivity index (χ4v) is 6.49. The van der Waals surface area contributed by atoms with Gasteiger partial charge in [0.1, 0.15) is 22.8 Å². The predicted octanol–water partition coefficient (Wildman–Crippen LogP) is 0.462. The molecule has 0 aromatic heterocycles. The lowest BCUT2D eigenvalue weighted by Crippen LogP contribution is -2.63. The quantitative estimate of drug-likeness (QED) is 0.220. The number of hydrogen-bond acceptors (Lipinski definition) is 10. The number of ketones is 2. The molecule has 198 valence electrons. The molecule has 1 aromatic carbocycles. The first-order chi connectivity index (χ1) is 17.4. The number of nitrogens with zero attached hydrogens (tertiary/aromatic N) is 1. The first-order valence-corrected chi connectivity index (χ1v) is 12.4. The number of anilines is 1. The third-order valence-electron chi connectivity index (χ3n) is 8.58. The van der Waals surface area contributed by atoms with Crippen molar-refractivity contribution in [2.45, 2.75) is 49.9 Å². The van der Waals surface area contributed by atoms with Gasteiger partial charge in [0, 0.05) is 29.9 Å².